The number of hydrogen-bond acceptors (Lipinski definition) is 10. The summed E-state index contributed by atoms with van der Waals surface area (Å²) in [5.74, 6) is 2.66. The minimum atomic E-state index is -0.174. The van der Waals surface area contributed by atoms with Crippen molar-refractivity contribution in [3.05, 3.63) is 89.5 Å². The Morgan fingerprint density at radius 1 is 0.841 bits per heavy atom. The van der Waals surface area contributed by atoms with E-state index in [1.165, 1.54) is 0 Å². The molecule has 3 heterocycles. The smallest absolute Gasteiger partial charge is 0.113 e. The molecule has 1 saturated heterocycles. The van der Waals surface area contributed by atoms with Gasteiger partial charge in [0, 0.05) is 43.0 Å². The maximum atomic E-state index is 6.01. The van der Waals surface area contributed by atoms with Crippen LogP contribution in [0.4, 0.5) is 5.69 Å². The first-order chi connectivity index (χ1) is 21.3. The Bertz CT molecular complexity index is 1300. The van der Waals surface area contributed by atoms with E-state index < -0.39 is 0 Å². The van der Waals surface area contributed by atoms with E-state index in [0.29, 0.717) is 71.6 Å². The van der Waals surface area contributed by atoms with Crippen molar-refractivity contribution in [3.63, 3.8) is 0 Å². The van der Waals surface area contributed by atoms with Crippen LogP contribution >= 0.6 is 12.2 Å². The molecule has 0 saturated carbocycles. The van der Waals surface area contributed by atoms with Gasteiger partial charge in [-0.3, -0.25) is 4.90 Å². The van der Waals surface area contributed by atoms with Gasteiger partial charge in [-0.2, -0.15) is 23.2 Å². The third-order valence-electron chi connectivity index (χ3n) is 6.89. The van der Waals surface area contributed by atoms with E-state index in [0.717, 1.165) is 42.3 Å². The molecule has 1 aliphatic heterocycles. The molecule has 4 rings (SSSR count). The van der Waals surface area contributed by atoms with Crippen LogP contribution in [0, 0.1) is 18.5 Å². The van der Waals surface area contributed by atoms with Crippen LogP contribution < -0.4 is 0 Å². The van der Waals surface area contributed by atoms with Crippen molar-refractivity contribution in [1.82, 2.24) is 19.8 Å². The number of thiocarbonyl (C=S) groups is 1. The summed E-state index contributed by atoms with van der Waals surface area (Å²) in [4.78, 5) is 17.8. The zero-order chi connectivity index (χ0) is 30.0. The van der Waals surface area contributed by atoms with Gasteiger partial charge in [0.05, 0.1) is 75.4 Å². The number of aliphatic imine (C=N–C) groups is 1. The van der Waals surface area contributed by atoms with Crippen molar-refractivity contribution in [2.24, 2.45) is 4.99 Å². The standard InChI is InChI=1S/C33H38N5O4S.Co/c1-2-29-7-5-8-32(36-29)33(28-9-11-30(12-10-28)35-27-43)38-16-20-41-24-22-39-18-14-37(26-31-6-3-4-13-34-31)15-19-40-23-25-42-21-17-38;/h1,3-12,33H,14-26H2;/q-1;. The second-order valence-corrected chi connectivity index (χ2v) is 9.99. The summed E-state index contributed by atoms with van der Waals surface area (Å²) >= 11 is 4.77. The van der Waals surface area contributed by atoms with Crippen LogP contribution in [0.5, 0.6) is 0 Å². The second kappa shape index (κ2) is 21.0. The average Bonchev–Trinajstić information content (AvgIpc) is 3.04. The quantitative estimate of drug-likeness (QED) is 0.169. The van der Waals surface area contributed by atoms with Crippen LogP contribution in [0.1, 0.15) is 28.7 Å². The molecule has 0 N–H and O–H groups in total. The molecule has 44 heavy (non-hydrogen) atoms. The summed E-state index contributed by atoms with van der Waals surface area (Å²) in [6.45, 7) is 7.83. The van der Waals surface area contributed by atoms with E-state index >= 15 is 0 Å². The number of terminal acetylenes is 1. The fraction of sp³-hybridized carbons (Fsp3) is 0.424. The first kappa shape index (κ1) is 35.6. The van der Waals surface area contributed by atoms with Crippen molar-refractivity contribution in [3.8, 4) is 12.3 Å². The molecule has 0 aliphatic carbocycles. The minimum absolute atomic E-state index is 0. The third kappa shape index (κ3) is 12.3. The number of rotatable bonds is 6. The number of aromatic nitrogens is 2. The molecular weight excluding hydrogens is 621 g/mol. The second-order valence-electron chi connectivity index (χ2n) is 9.81. The molecule has 1 radical (unpaired) electrons. The van der Waals surface area contributed by atoms with Gasteiger partial charge in [0.1, 0.15) is 5.69 Å². The fourth-order valence-corrected chi connectivity index (χ4v) is 4.85. The van der Waals surface area contributed by atoms with Crippen LogP contribution in [0.2, 0.25) is 0 Å². The van der Waals surface area contributed by atoms with Crippen LogP contribution in [0.15, 0.2) is 65.7 Å². The number of ether oxygens (including phenoxy) is 4. The molecular formula is C33H38CoN5O4S-. The molecule has 0 amide bonds. The Balaban J connectivity index is 0.00000529. The number of pyridine rings is 2. The van der Waals surface area contributed by atoms with E-state index in [9.17, 15) is 0 Å². The number of isothiocyanates is 1. The minimum Gasteiger partial charge on any atom is -0.390 e. The molecule has 0 bridgehead atoms. The van der Waals surface area contributed by atoms with E-state index in [4.69, 9.17) is 42.6 Å². The Hall–Kier alpha value is -2.85. The van der Waals surface area contributed by atoms with Gasteiger partial charge in [0.15, 0.2) is 0 Å². The number of benzene rings is 1. The Kier molecular flexibility index (Phi) is 17.0. The van der Waals surface area contributed by atoms with Crippen LogP contribution in [0.25, 0.3) is 0 Å². The zero-order valence-electron chi connectivity index (χ0n) is 24.7. The van der Waals surface area contributed by atoms with E-state index in [2.05, 4.69) is 37.1 Å². The molecule has 235 valence electrons. The summed E-state index contributed by atoms with van der Waals surface area (Å²) in [5.41, 5.74) is 4.20. The third-order valence-corrected chi connectivity index (χ3v) is 6.99. The average molecular weight is 660 g/mol. The van der Waals surface area contributed by atoms with Crippen molar-refractivity contribution >= 4 is 23.1 Å². The van der Waals surface area contributed by atoms with E-state index in [1.807, 2.05) is 54.6 Å². The molecule has 3 aromatic rings. The van der Waals surface area contributed by atoms with Crippen LogP contribution in [0.3, 0.4) is 0 Å². The van der Waals surface area contributed by atoms with Crippen molar-refractivity contribution in [2.75, 3.05) is 79.0 Å². The summed E-state index contributed by atoms with van der Waals surface area (Å²) < 4.78 is 23.8. The molecule has 2 aromatic heterocycles. The van der Waals surface area contributed by atoms with Gasteiger partial charge < -0.3 is 28.8 Å². The molecule has 9 nitrogen and oxygen atoms in total. The van der Waals surface area contributed by atoms with Crippen molar-refractivity contribution in [2.45, 2.75) is 12.6 Å². The summed E-state index contributed by atoms with van der Waals surface area (Å²) in [6, 6.07) is 19.3. The predicted octanol–water partition coefficient (Wildman–Crippen LogP) is 3.96. The monoisotopic (exact) mass is 659 g/mol. The largest absolute Gasteiger partial charge is 0.390 e. The maximum absolute atomic E-state index is 6.01. The number of hydrogen-bond donors (Lipinski definition) is 0. The fourth-order valence-electron chi connectivity index (χ4n) is 4.75. The molecule has 1 aromatic carbocycles. The summed E-state index contributed by atoms with van der Waals surface area (Å²) in [7, 11) is 0. The predicted molar refractivity (Wildman–Crippen MR) is 168 cm³/mol. The van der Waals surface area contributed by atoms with Gasteiger partial charge in [-0.15, -0.1) is 6.42 Å². The molecule has 1 aliphatic rings. The van der Waals surface area contributed by atoms with E-state index in [1.54, 1.807) is 6.07 Å². The normalized spacial score (nSPS) is 17.5. The maximum Gasteiger partial charge on any atom is 0.113 e. The molecule has 1 unspecified atom stereocenters. The van der Waals surface area contributed by atoms with Gasteiger partial charge in [-0.1, -0.05) is 36.0 Å². The first-order valence-corrected chi connectivity index (χ1v) is 14.9. The van der Waals surface area contributed by atoms with Gasteiger partial charge >= 0.3 is 0 Å². The SMILES string of the molecule is C#Cc1cccc(C(c2ccc(N=C=S)cc2)N2CCOCCOCCN(Cc3ccc[c-]n3)CCOCCOCC2)n1.[Co]. The Labute approximate surface area is 276 Å². The zero-order valence-corrected chi connectivity index (χ0v) is 26.6. The van der Waals surface area contributed by atoms with Crippen LogP contribution in [-0.4, -0.2) is 104 Å². The van der Waals surface area contributed by atoms with E-state index in [-0.39, 0.29) is 22.8 Å². The first-order valence-electron chi connectivity index (χ1n) is 14.5. The van der Waals surface area contributed by atoms with Gasteiger partial charge in [0.25, 0.3) is 0 Å². The van der Waals surface area contributed by atoms with Crippen molar-refractivity contribution < 1.29 is 35.7 Å². The Morgan fingerprint density at radius 3 is 2.05 bits per heavy atom. The summed E-state index contributed by atoms with van der Waals surface area (Å²) in [6.07, 6.45) is 8.60. The summed E-state index contributed by atoms with van der Waals surface area (Å²) in [5, 5.41) is 2.42. The molecule has 1 fully saturated rings. The van der Waals surface area contributed by atoms with Crippen LogP contribution in [-0.2, 0) is 42.3 Å². The van der Waals surface area contributed by atoms with Gasteiger partial charge in [0.2, 0.25) is 0 Å². The Morgan fingerprint density at radius 2 is 1.48 bits per heavy atom. The molecule has 1 atom stereocenters. The number of nitrogens with zero attached hydrogens (tertiary/aromatic N) is 5. The van der Waals surface area contributed by atoms with Gasteiger partial charge in [-0.25, -0.2) is 4.98 Å². The molecule has 11 heteroatoms. The van der Waals surface area contributed by atoms with Crippen molar-refractivity contribution in [1.29, 1.82) is 0 Å². The topological polar surface area (TPSA) is 81.5 Å². The van der Waals surface area contributed by atoms with Gasteiger partial charge in [-0.05, 0) is 48.6 Å². The molecule has 0 spiro atoms.